The zero-order chi connectivity index (χ0) is 16.5. The van der Waals surface area contributed by atoms with Crippen LogP contribution in [0.2, 0.25) is 0 Å². The Morgan fingerprint density at radius 3 is 2.88 bits per heavy atom. The first-order valence-corrected chi connectivity index (χ1v) is 9.11. The van der Waals surface area contributed by atoms with Gasteiger partial charge in [0.05, 0.1) is 5.70 Å². The van der Waals surface area contributed by atoms with Crippen molar-refractivity contribution in [3.05, 3.63) is 28.9 Å². The zero-order valence-electron chi connectivity index (χ0n) is 14.6. The minimum absolute atomic E-state index is 0.213. The lowest BCUT2D eigenvalue weighted by molar-refractivity contribution is 0.452. The normalized spacial score (nSPS) is 23.8. The molecule has 0 amide bonds. The first-order chi connectivity index (χ1) is 11.7. The minimum atomic E-state index is 0.213. The van der Waals surface area contributed by atoms with Crippen molar-refractivity contribution in [1.82, 2.24) is 15.3 Å². The van der Waals surface area contributed by atoms with E-state index < -0.39 is 0 Å². The lowest BCUT2D eigenvalue weighted by Crippen LogP contribution is -2.30. The number of hydrogen-bond donors (Lipinski definition) is 1. The molecule has 1 atom stereocenters. The Bertz CT molecular complexity index is 674. The summed E-state index contributed by atoms with van der Waals surface area (Å²) in [5, 5.41) is 12.3. The van der Waals surface area contributed by atoms with Crippen molar-refractivity contribution in [2.45, 2.75) is 51.0 Å². The predicted octanol–water partition coefficient (Wildman–Crippen LogP) is 2.96. The van der Waals surface area contributed by atoms with Crippen molar-refractivity contribution in [1.29, 1.82) is 0 Å². The van der Waals surface area contributed by atoms with Crippen LogP contribution in [-0.4, -0.2) is 42.7 Å². The first kappa shape index (κ1) is 15.7. The van der Waals surface area contributed by atoms with Gasteiger partial charge in [-0.15, -0.1) is 0 Å². The monoisotopic (exact) mass is 326 g/mol. The topological polar surface area (TPSA) is 65.8 Å². The molecule has 1 fully saturated rings. The van der Waals surface area contributed by atoms with Crippen LogP contribution in [0.5, 0.6) is 0 Å². The molecule has 24 heavy (non-hydrogen) atoms. The molecule has 128 valence electrons. The van der Waals surface area contributed by atoms with Crippen molar-refractivity contribution < 1.29 is 0 Å². The molecule has 0 saturated carbocycles. The van der Waals surface area contributed by atoms with Gasteiger partial charge in [-0.25, -0.2) is 9.97 Å². The minimum Gasteiger partial charge on any atom is -0.357 e. The second kappa shape index (κ2) is 6.59. The summed E-state index contributed by atoms with van der Waals surface area (Å²) in [6.45, 7) is 5.01. The molecule has 0 bridgehead atoms. The van der Waals surface area contributed by atoms with E-state index in [0.717, 1.165) is 57.0 Å². The standard InChI is InChI=1S/C18H26N6/c1-12-20-16(13-6-8-19-9-7-13)10-18(21-12)24(2)11-17-14-4-3-5-15(14)22-23-17/h10,13,17,19H,3-9,11H2,1-2H3/t17-/m0/s1. The molecule has 0 spiro atoms. The van der Waals surface area contributed by atoms with Crippen molar-refractivity contribution in [2.24, 2.45) is 10.2 Å². The molecular weight excluding hydrogens is 300 g/mol. The fourth-order valence-corrected chi connectivity index (χ4v) is 4.03. The molecule has 1 saturated heterocycles. The average Bonchev–Trinajstić information content (AvgIpc) is 3.20. The number of aromatic nitrogens is 2. The Hall–Kier alpha value is -1.82. The van der Waals surface area contributed by atoms with Crippen molar-refractivity contribution in [3.8, 4) is 0 Å². The molecular formula is C18H26N6. The maximum Gasteiger partial charge on any atom is 0.132 e. The number of nitrogens with zero attached hydrogens (tertiary/aromatic N) is 5. The SMILES string of the molecule is Cc1nc(C2CCNCC2)cc(N(C)C[C@@H]2N=NC3=C2CCC3)n1. The third-order valence-electron chi connectivity index (χ3n) is 5.39. The molecule has 2 aliphatic heterocycles. The molecule has 6 nitrogen and oxygen atoms in total. The largest absolute Gasteiger partial charge is 0.357 e. The Kier molecular flexibility index (Phi) is 4.31. The average molecular weight is 326 g/mol. The lowest BCUT2D eigenvalue weighted by Gasteiger charge is -2.25. The lowest BCUT2D eigenvalue weighted by atomic mass is 9.94. The number of piperidine rings is 1. The van der Waals surface area contributed by atoms with Gasteiger partial charge < -0.3 is 10.2 Å². The zero-order valence-corrected chi connectivity index (χ0v) is 14.6. The number of azo groups is 1. The summed E-state index contributed by atoms with van der Waals surface area (Å²) in [6, 6.07) is 2.39. The van der Waals surface area contributed by atoms with Gasteiger partial charge >= 0.3 is 0 Å². The smallest absolute Gasteiger partial charge is 0.132 e. The predicted molar refractivity (Wildman–Crippen MR) is 94.4 cm³/mol. The van der Waals surface area contributed by atoms with E-state index in [-0.39, 0.29) is 6.04 Å². The summed E-state index contributed by atoms with van der Waals surface area (Å²) >= 11 is 0. The van der Waals surface area contributed by atoms with E-state index in [1.807, 2.05) is 6.92 Å². The fourth-order valence-electron chi connectivity index (χ4n) is 4.03. The van der Waals surface area contributed by atoms with E-state index in [1.54, 1.807) is 0 Å². The van der Waals surface area contributed by atoms with Gasteiger partial charge in [0.1, 0.15) is 17.7 Å². The Balaban J connectivity index is 1.50. The highest BCUT2D eigenvalue weighted by Crippen LogP contribution is 2.36. The molecule has 1 aromatic rings. The highest BCUT2D eigenvalue weighted by molar-refractivity contribution is 5.41. The maximum atomic E-state index is 4.71. The molecule has 4 rings (SSSR count). The van der Waals surface area contributed by atoms with Crippen LogP contribution < -0.4 is 10.2 Å². The van der Waals surface area contributed by atoms with Gasteiger partial charge in [-0.2, -0.15) is 10.2 Å². The summed E-state index contributed by atoms with van der Waals surface area (Å²) < 4.78 is 0. The van der Waals surface area contributed by atoms with Gasteiger partial charge in [-0.3, -0.25) is 0 Å². The third-order valence-corrected chi connectivity index (χ3v) is 5.39. The molecule has 0 aromatic carbocycles. The Labute approximate surface area is 143 Å². The fraction of sp³-hybridized carbons (Fsp3) is 0.667. The van der Waals surface area contributed by atoms with Gasteiger partial charge in [-0.1, -0.05) is 0 Å². The molecule has 1 aromatic heterocycles. The van der Waals surface area contributed by atoms with Crippen LogP contribution in [0.3, 0.4) is 0 Å². The van der Waals surface area contributed by atoms with Gasteiger partial charge in [0.15, 0.2) is 0 Å². The van der Waals surface area contributed by atoms with Gasteiger partial charge in [0.2, 0.25) is 0 Å². The number of aryl methyl sites for hydroxylation is 1. The van der Waals surface area contributed by atoms with Crippen molar-refractivity contribution >= 4 is 5.82 Å². The first-order valence-electron chi connectivity index (χ1n) is 9.11. The van der Waals surface area contributed by atoms with Crippen LogP contribution in [0.4, 0.5) is 5.82 Å². The van der Waals surface area contributed by atoms with Crippen molar-refractivity contribution in [3.63, 3.8) is 0 Å². The Morgan fingerprint density at radius 2 is 2.04 bits per heavy atom. The molecule has 3 aliphatic rings. The van der Waals surface area contributed by atoms with Crippen LogP contribution in [0, 0.1) is 6.92 Å². The molecule has 1 N–H and O–H groups in total. The third kappa shape index (κ3) is 3.07. The van der Waals surface area contributed by atoms with E-state index in [1.165, 1.54) is 23.4 Å². The van der Waals surface area contributed by atoms with E-state index in [2.05, 4.69) is 38.5 Å². The van der Waals surface area contributed by atoms with Crippen LogP contribution in [0.1, 0.15) is 49.5 Å². The molecule has 0 unspecified atom stereocenters. The molecule has 0 radical (unpaired) electrons. The van der Waals surface area contributed by atoms with Crippen LogP contribution >= 0.6 is 0 Å². The number of hydrogen-bond acceptors (Lipinski definition) is 6. The second-order valence-electron chi connectivity index (χ2n) is 7.16. The van der Waals surface area contributed by atoms with Crippen LogP contribution in [0.15, 0.2) is 27.6 Å². The molecule has 3 heterocycles. The molecule has 1 aliphatic carbocycles. The van der Waals surface area contributed by atoms with Gasteiger partial charge in [-0.05, 0) is 57.7 Å². The summed E-state index contributed by atoms with van der Waals surface area (Å²) in [5.74, 6) is 2.43. The van der Waals surface area contributed by atoms with E-state index in [0.29, 0.717) is 5.92 Å². The number of likely N-dealkylation sites (N-methyl/N-ethyl adjacent to an activating group) is 1. The highest BCUT2D eigenvalue weighted by Gasteiger charge is 2.29. The summed E-state index contributed by atoms with van der Waals surface area (Å²) in [7, 11) is 2.11. The number of rotatable bonds is 4. The summed E-state index contributed by atoms with van der Waals surface area (Å²) in [5.41, 5.74) is 3.88. The number of anilines is 1. The van der Waals surface area contributed by atoms with E-state index >= 15 is 0 Å². The summed E-state index contributed by atoms with van der Waals surface area (Å²) in [6.07, 6.45) is 5.81. The Morgan fingerprint density at radius 1 is 1.21 bits per heavy atom. The quantitative estimate of drug-likeness (QED) is 0.924. The van der Waals surface area contributed by atoms with Crippen LogP contribution in [0.25, 0.3) is 0 Å². The van der Waals surface area contributed by atoms with Crippen molar-refractivity contribution in [2.75, 3.05) is 31.6 Å². The maximum absolute atomic E-state index is 4.71. The van der Waals surface area contributed by atoms with Gasteiger partial charge in [0.25, 0.3) is 0 Å². The van der Waals surface area contributed by atoms with E-state index in [9.17, 15) is 0 Å². The molecule has 6 heteroatoms. The second-order valence-corrected chi connectivity index (χ2v) is 7.16. The summed E-state index contributed by atoms with van der Waals surface area (Å²) in [4.78, 5) is 11.6. The van der Waals surface area contributed by atoms with Crippen LogP contribution in [-0.2, 0) is 0 Å². The highest BCUT2D eigenvalue weighted by atomic mass is 15.2. The number of allylic oxidation sites excluding steroid dienone is 1. The number of nitrogens with one attached hydrogen (secondary N) is 1. The van der Waals surface area contributed by atoms with Gasteiger partial charge in [0, 0.05) is 31.3 Å². The van der Waals surface area contributed by atoms with E-state index in [4.69, 9.17) is 4.98 Å².